The standard InChI is InChI=1S/C18H19N3/c1-21(2)18-11-10-16(13-20-18)19-12-15-8-5-7-14-6-3-4-9-17(14)15/h3-11,13,19H,12H2,1-2H3. The third-order valence-corrected chi connectivity index (χ3v) is 3.57. The predicted octanol–water partition coefficient (Wildman–Crippen LogP) is 3.91. The lowest BCUT2D eigenvalue weighted by Gasteiger charge is -2.13. The minimum atomic E-state index is 0.796. The summed E-state index contributed by atoms with van der Waals surface area (Å²) in [5, 5.41) is 6.01. The molecule has 0 radical (unpaired) electrons. The van der Waals surface area contributed by atoms with Crippen LogP contribution in [0.15, 0.2) is 60.8 Å². The van der Waals surface area contributed by atoms with E-state index in [1.54, 1.807) is 0 Å². The summed E-state index contributed by atoms with van der Waals surface area (Å²) in [6.45, 7) is 0.796. The van der Waals surface area contributed by atoms with Gasteiger partial charge >= 0.3 is 0 Å². The largest absolute Gasteiger partial charge is 0.380 e. The Morgan fingerprint density at radius 1 is 0.952 bits per heavy atom. The number of nitrogens with zero attached hydrogens (tertiary/aromatic N) is 2. The molecule has 3 aromatic rings. The van der Waals surface area contributed by atoms with Crippen LogP contribution in [0.1, 0.15) is 5.56 Å². The first-order valence-corrected chi connectivity index (χ1v) is 7.08. The van der Waals surface area contributed by atoms with Crippen molar-refractivity contribution in [1.82, 2.24) is 4.98 Å². The number of hydrogen-bond donors (Lipinski definition) is 1. The molecule has 1 N–H and O–H groups in total. The van der Waals surface area contributed by atoms with Gasteiger partial charge in [-0.1, -0.05) is 42.5 Å². The molecule has 2 aromatic carbocycles. The Morgan fingerprint density at radius 2 is 1.76 bits per heavy atom. The van der Waals surface area contributed by atoms with Gasteiger partial charge in [0.15, 0.2) is 0 Å². The highest BCUT2D eigenvalue weighted by atomic mass is 15.1. The third-order valence-electron chi connectivity index (χ3n) is 3.57. The predicted molar refractivity (Wildman–Crippen MR) is 89.8 cm³/mol. The maximum Gasteiger partial charge on any atom is 0.128 e. The van der Waals surface area contributed by atoms with Crippen molar-refractivity contribution < 1.29 is 0 Å². The molecule has 3 heteroatoms. The van der Waals surface area contributed by atoms with Gasteiger partial charge in [0, 0.05) is 20.6 Å². The third kappa shape index (κ3) is 2.97. The molecule has 0 spiro atoms. The lowest BCUT2D eigenvalue weighted by molar-refractivity contribution is 1.06. The van der Waals surface area contributed by atoms with Gasteiger partial charge in [-0.2, -0.15) is 0 Å². The van der Waals surface area contributed by atoms with E-state index in [4.69, 9.17) is 0 Å². The fourth-order valence-corrected chi connectivity index (χ4v) is 2.40. The summed E-state index contributed by atoms with van der Waals surface area (Å²) >= 11 is 0. The van der Waals surface area contributed by atoms with Gasteiger partial charge in [0.05, 0.1) is 11.9 Å². The van der Waals surface area contributed by atoms with Crippen LogP contribution in [0.2, 0.25) is 0 Å². The molecule has 21 heavy (non-hydrogen) atoms. The minimum Gasteiger partial charge on any atom is -0.380 e. The molecule has 1 heterocycles. The quantitative estimate of drug-likeness (QED) is 0.783. The number of pyridine rings is 1. The van der Waals surface area contributed by atoms with E-state index < -0.39 is 0 Å². The van der Waals surface area contributed by atoms with Crippen molar-refractivity contribution >= 4 is 22.3 Å². The fourth-order valence-electron chi connectivity index (χ4n) is 2.40. The zero-order chi connectivity index (χ0) is 14.7. The Labute approximate surface area is 125 Å². The summed E-state index contributed by atoms with van der Waals surface area (Å²) in [4.78, 5) is 6.41. The van der Waals surface area contributed by atoms with Gasteiger partial charge in [0.1, 0.15) is 5.82 Å². The second kappa shape index (κ2) is 5.83. The van der Waals surface area contributed by atoms with Crippen LogP contribution in [-0.2, 0) is 6.54 Å². The van der Waals surface area contributed by atoms with Gasteiger partial charge in [0.2, 0.25) is 0 Å². The molecule has 0 fully saturated rings. The van der Waals surface area contributed by atoms with Crippen LogP contribution in [-0.4, -0.2) is 19.1 Å². The average Bonchev–Trinajstić information content (AvgIpc) is 2.53. The van der Waals surface area contributed by atoms with Gasteiger partial charge in [-0.05, 0) is 28.5 Å². The molecule has 0 amide bonds. The number of benzene rings is 2. The first-order valence-electron chi connectivity index (χ1n) is 7.08. The van der Waals surface area contributed by atoms with Crippen LogP contribution < -0.4 is 10.2 Å². The monoisotopic (exact) mass is 277 g/mol. The highest BCUT2D eigenvalue weighted by Crippen LogP contribution is 2.20. The molecule has 0 aliphatic carbocycles. The SMILES string of the molecule is CN(C)c1ccc(NCc2cccc3ccccc23)cn1. The van der Waals surface area contributed by atoms with E-state index in [0.29, 0.717) is 0 Å². The van der Waals surface area contributed by atoms with Crippen molar-refractivity contribution in [3.05, 3.63) is 66.4 Å². The van der Waals surface area contributed by atoms with E-state index in [0.717, 1.165) is 18.1 Å². The van der Waals surface area contributed by atoms with E-state index in [1.807, 2.05) is 31.3 Å². The van der Waals surface area contributed by atoms with Crippen LogP contribution in [0, 0.1) is 0 Å². The lowest BCUT2D eigenvalue weighted by Crippen LogP contribution is -2.10. The Hall–Kier alpha value is -2.55. The molecular formula is C18H19N3. The summed E-state index contributed by atoms with van der Waals surface area (Å²) in [5.74, 6) is 0.964. The number of rotatable bonds is 4. The molecule has 3 nitrogen and oxygen atoms in total. The molecule has 1 aromatic heterocycles. The summed E-state index contributed by atoms with van der Waals surface area (Å²) in [5.41, 5.74) is 2.33. The first kappa shape index (κ1) is 13.4. The molecule has 0 unspecified atom stereocenters. The second-order valence-electron chi connectivity index (χ2n) is 5.29. The van der Waals surface area contributed by atoms with Crippen molar-refractivity contribution in [2.45, 2.75) is 6.54 Å². The van der Waals surface area contributed by atoms with Gasteiger partial charge in [-0.3, -0.25) is 0 Å². The number of aromatic nitrogens is 1. The van der Waals surface area contributed by atoms with Gasteiger partial charge in [-0.15, -0.1) is 0 Å². The second-order valence-corrected chi connectivity index (χ2v) is 5.29. The Morgan fingerprint density at radius 3 is 2.52 bits per heavy atom. The zero-order valence-electron chi connectivity index (χ0n) is 12.4. The van der Waals surface area contributed by atoms with Crippen molar-refractivity contribution in [2.24, 2.45) is 0 Å². The van der Waals surface area contributed by atoms with Crippen molar-refractivity contribution in [3.63, 3.8) is 0 Å². The maximum atomic E-state index is 4.42. The van der Waals surface area contributed by atoms with Crippen molar-refractivity contribution in [3.8, 4) is 0 Å². The summed E-state index contributed by atoms with van der Waals surface area (Å²) in [6.07, 6.45) is 1.88. The highest BCUT2D eigenvalue weighted by Gasteiger charge is 2.01. The maximum absolute atomic E-state index is 4.42. The molecule has 0 atom stereocenters. The van der Waals surface area contributed by atoms with Crippen LogP contribution in [0.4, 0.5) is 11.5 Å². The molecule has 106 valence electrons. The average molecular weight is 277 g/mol. The smallest absolute Gasteiger partial charge is 0.128 e. The number of nitrogens with one attached hydrogen (secondary N) is 1. The molecule has 0 aliphatic heterocycles. The van der Waals surface area contributed by atoms with Crippen molar-refractivity contribution in [2.75, 3.05) is 24.3 Å². The number of fused-ring (bicyclic) bond motifs is 1. The Kier molecular flexibility index (Phi) is 3.73. The zero-order valence-corrected chi connectivity index (χ0v) is 12.4. The van der Waals surface area contributed by atoms with E-state index in [9.17, 15) is 0 Å². The van der Waals surface area contributed by atoms with E-state index in [2.05, 4.69) is 58.8 Å². The van der Waals surface area contributed by atoms with Crippen LogP contribution in [0.25, 0.3) is 10.8 Å². The summed E-state index contributed by atoms with van der Waals surface area (Å²) in [7, 11) is 3.98. The molecule has 3 rings (SSSR count). The Balaban J connectivity index is 1.77. The van der Waals surface area contributed by atoms with Gasteiger partial charge in [0.25, 0.3) is 0 Å². The van der Waals surface area contributed by atoms with E-state index >= 15 is 0 Å². The van der Waals surface area contributed by atoms with Crippen LogP contribution >= 0.6 is 0 Å². The summed E-state index contributed by atoms with van der Waals surface area (Å²) in [6, 6.07) is 19.0. The number of anilines is 2. The molecule has 0 aliphatic rings. The highest BCUT2D eigenvalue weighted by molar-refractivity contribution is 5.85. The van der Waals surface area contributed by atoms with Crippen LogP contribution in [0.5, 0.6) is 0 Å². The Bertz CT molecular complexity index is 728. The molecule has 0 saturated heterocycles. The van der Waals surface area contributed by atoms with Gasteiger partial charge in [-0.25, -0.2) is 4.98 Å². The first-order chi connectivity index (χ1) is 10.2. The van der Waals surface area contributed by atoms with Crippen molar-refractivity contribution in [1.29, 1.82) is 0 Å². The normalized spacial score (nSPS) is 10.6. The molecule has 0 bridgehead atoms. The van der Waals surface area contributed by atoms with Gasteiger partial charge < -0.3 is 10.2 Å². The van der Waals surface area contributed by atoms with E-state index in [1.165, 1.54) is 16.3 Å². The minimum absolute atomic E-state index is 0.796. The number of hydrogen-bond acceptors (Lipinski definition) is 3. The van der Waals surface area contributed by atoms with E-state index in [-0.39, 0.29) is 0 Å². The topological polar surface area (TPSA) is 28.2 Å². The summed E-state index contributed by atoms with van der Waals surface area (Å²) < 4.78 is 0. The lowest BCUT2D eigenvalue weighted by atomic mass is 10.0. The van der Waals surface area contributed by atoms with Crippen LogP contribution in [0.3, 0.4) is 0 Å². The molecule has 0 saturated carbocycles. The molecular weight excluding hydrogens is 258 g/mol. The fraction of sp³-hybridized carbons (Fsp3) is 0.167.